The van der Waals surface area contributed by atoms with Crippen molar-refractivity contribution in [2.24, 2.45) is 0 Å². The van der Waals surface area contributed by atoms with Gasteiger partial charge in [-0.05, 0) is 58.2 Å². The van der Waals surface area contributed by atoms with Crippen molar-refractivity contribution in [2.45, 2.75) is 69.5 Å². The number of halogens is 1. The smallest absolute Gasteiger partial charge is 0.243 e. The summed E-state index contributed by atoms with van der Waals surface area (Å²) in [6, 6.07) is 4.83. The van der Waals surface area contributed by atoms with Gasteiger partial charge in [0, 0.05) is 17.6 Å². The molecule has 4 nitrogen and oxygen atoms in total. The van der Waals surface area contributed by atoms with E-state index in [0.717, 1.165) is 18.4 Å². The second-order valence-electron chi connectivity index (χ2n) is 7.06. The normalized spacial score (nSPS) is 18.0. The van der Waals surface area contributed by atoms with Gasteiger partial charge in [-0.15, -0.1) is 0 Å². The zero-order valence-corrected chi connectivity index (χ0v) is 14.4. The maximum absolute atomic E-state index is 14.3. The molecule has 0 amide bonds. The summed E-state index contributed by atoms with van der Waals surface area (Å²) in [5.74, 6) is -0.712. The van der Waals surface area contributed by atoms with Crippen molar-refractivity contribution < 1.29 is 12.8 Å². The minimum atomic E-state index is -3.85. The van der Waals surface area contributed by atoms with Gasteiger partial charge in [-0.1, -0.05) is 12.5 Å². The lowest BCUT2D eigenvalue weighted by molar-refractivity contribution is 0.313. The standard InChI is InChI=1S/C16H25FN2O2S/c1-11(18-13-6-5-7-13)12-8-9-15(14(17)10-12)22(20,21)19-16(2,3)4/h8-11,13,18-19H,5-7H2,1-4H3. The average molecular weight is 328 g/mol. The molecule has 0 saturated heterocycles. The van der Waals surface area contributed by atoms with Gasteiger partial charge >= 0.3 is 0 Å². The Morgan fingerprint density at radius 3 is 2.36 bits per heavy atom. The molecule has 0 heterocycles. The summed E-state index contributed by atoms with van der Waals surface area (Å²) in [4.78, 5) is -0.304. The average Bonchev–Trinajstić information content (AvgIpc) is 2.30. The van der Waals surface area contributed by atoms with Crippen LogP contribution in [0.15, 0.2) is 23.1 Å². The molecule has 0 aliphatic heterocycles. The summed E-state index contributed by atoms with van der Waals surface area (Å²) < 4.78 is 41.2. The molecule has 0 radical (unpaired) electrons. The van der Waals surface area contributed by atoms with Crippen LogP contribution in [0.3, 0.4) is 0 Å². The Morgan fingerprint density at radius 2 is 1.91 bits per heavy atom. The highest BCUT2D eigenvalue weighted by atomic mass is 32.2. The van der Waals surface area contributed by atoms with Gasteiger partial charge < -0.3 is 5.32 Å². The second kappa shape index (κ2) is 6.26. The second-order valence-corrected chi connectivity index (χ2v) is 8.71. The summed E-state index contributed by atoms with van der Waals surface area (Å²) in [6.07, 6.45) is 3.53. The third kappa shape index (κ3) is 4.27. The molecular formula is C16H25FN2O2S. The Hall–Kier alpha value is -0.980. The van der Waals surface area contributed by atoms with Crippen LogP contribution in [0.4, 0.5) is 4.39 Å². The van der Waals surface area contributed by atoms with E-state index in [1.54, 1.807) is 26.8 Å². The minimum Gasteiger partial charge on any atom is -0.307 e. The van der Waals surface area contributed by atoms with Crippen molar-refractivity contribution in [3.63, 3.8) is 0 Å². The van der Waals surface area contributed by atoms with E-state index in [0.29, 0.717) is 6.04 Å². The molecule has 2 rings (SSSR count). The van der Waals surface area contributed by atoms with E-state index in [-0.39, 0.29) is 10.9 Å². The van der Waals surface area contributed by atoms with Crippen LogP contribution < -0.4 is 10.0 Å². The number of hydrogen-bond acceptors (Lipinski definition) is 3. The van der Waals surface area contributed by atoms with E-state index in [9.17, 15) is 12.8 Å². The lowest BCUT2D eigenvalue weighted by Crippen LogP contribution is -2.40. The maximum atomic E-state index is 14.3. The quantitative estimate of drug-likeness (QED) is 0.873. The molecule has 1 aliphatic rings. The third-order valence-corrected chi connectivity index (χ3v) is 5.57. The Labute approximate surface area is 132 Å². The fourth-order valence-corrected chi connectivity index (χ4v) is 3.97. The Morgan fingerprint density at radius 1 is 1.27 bits per heavy atom. The van der Waals surface area contributed by atoms with Crippen LogP contribution in [0.5, 0.6) is 0 Å². The summed E-state index contributed by atoms with van der Waals surface area (Å²) in [5, 5.41) is 3.42. The summed E-state index contributed by atoms with van der Waals surface area (Å²) in [6.45, 7) is 7.14. The van der Waals surface area contributed by atoms with Crippen molar-refractivity contribution in [1.82, 2.24) is 10.0 Å². The lowest BCUT2D eigenvalue weighted by atomic mass is 9.92. The number of benzene rings is 1. The highest BCUT2D eigenvalue weighted by Gasteiger charge is 2.26. The Bertz CT molecular complexity index is 634. The van der Waals surface area contributed by atoms with Gasteiger partial charge in [0.25, 0.3) is 0 Å². The molecule has 0 spiro atoms. The molecule has 1 saturated carbocycles. The van der Waals surface area contributed by atoms with Gasteiger partial charge in [0.2, 0.25) is 10.0 Å². The van der Waals surface area contributed by atoms with Crippen LogP contribution in [0.1, 0.15) is 58.6 Å². The van der Waals surface area contributed by atoms with E-state index in [2.05, 4.69) is 10.0 Å². The SMILES string of the molecule is CC(NC1CCC1)c1ccc(S(=O)(=O)NC(C)(C)C)c(F)c1. The first kappa shape index (κ1) is 17.4. The Kier molecular flexibility index (Phi) is 4.94. The zero-order valence-electron chi connectivity index (χ0n) is 13.6. The van der Waals surface area contributed by atoms with Crippen LogP contribution in [-0.2, 0) is 10.0 Å². The van der Waals surface area contributed by atoms with Crippen LogP contribution in [0.2, 0.25) is 0 Å². The van der Waals surface area contributed by atoms with Crippen LogP contribution in [-0.4, -0.2) is 20.0 Å². The van der Waals surface area contributed by atoms with Crippen LogP contribution >= 0.6 is 0 Å². The lowest BCUT2D eigenvalue weighted by Gasteiger charge is -2.30. The van der Waals surface area contributed by atoms with Crippen molar-refractivity contribution in [1.29, 1.82) is 0 Å². The van der Waals surface area contributed by atoms with Gasteiger partial charge in [0.15, 0.2) is 0 Å². The number of sulfonamides is 1. The van der Waals surface area contributed by atoms with Gasteiger partial charge in [0.1, 0.15) is 10.7 Å². The molecule has 1 aliphatic carbocycles. The van der Waals surface area contributed by atoms with E-state index in [1.165, 1.54) is 18.6 Å². The molecule has 2 N–H and O–H groups in total. The zero-order chi connectivity index (χ0) is 16.5. The monoisotopic (exact) mass is 328 g/mol. The first-order valence-electron chi connectivity index (χ1n) is 7.68. The fourth-order valence-electron chi connectivity index (χ4n) is 2.49. The van der Waals surface area contributed by atoms with E-state index in [1.807, 2.05) is 6.92 Å². The van der Waals surface area contributed by atoms with Gasteiger partial charge in [-0.3, -0.25) is 0 Å². The minimum absolute atomic E-state index is 0.00660. The highest BCUT2D eigenvalue weighted by molar-refractivity contribution is 7.89. The number of nitrogens with one attached hydrogen (secondary N) is 2. The van der Waals surface area contributed by atoms with E-state index < -0.39 is 21.4 Å². The molecule has 1 fully saturated rings. The molecule has 22 heavy (non-hydrogen) atoms. The summed E-state index contributed by atoms with van der Waals surface area (Å²) in [5.41, 5.74) is 0.113. The molecule has 6 heteroatoms. The fraction of sp³-hybridized carbons (Fsp3) is 0.625. The molecule has 1 unspecified atom stereocenters. The predicted octanol–water partition coefficient (Wildman–Crippen LogP) is 3.11. The molecule has 124 valence electrons. The molecule has 0 aromatic heterocycles. The Balaban J connectivity index is 2.18. The molecule has 1 aromatic carbocycles. The highest BCUT2D eigenvalue weighted by Crippen LogP contribution is 2.25. The first-order valence-corrected chi connectivity index (χ1v) is 9.16. The van der Waals surface area contributed by atoms with Gasteiger partial charge in [-0.25, -0.2) is 17.5 Å². The topological polar surface area (TPSA) is 58.2 Å². The summed E-state index contributed by atoms with van der Waals surface area (Å²) >= 11 is 0. The first-order chi connectivity index (χ1) is 10.1. The van der Waals surface area contributed by atoms with Crippen molar-refractivity contribution in [3.8, 4) is 0 Å². The van der Waals surface area contributed by atoms with Crippen LogP contribution in [0.25, 0.3) is 0 Å². The number of rotatable bonds is 5. The van der Waals surface area contributed by atoms with Crippen molar-refractivity contribution in [3.05, 3.63) is 29.6 Å². The van der Waals surface area contributed by atoms with Crippen molar-refractivity contribution in [2.75, 3.05) is 0 Å². The van der Waals surface area contributed by atoms with Crippen molar-refractivity contribution >= 4 is 10.0 Å². The largest absolute Gasteiger partial charge is 0.307 e. The van der Waals surface area contributed by atoms with E-state index in [4.69, 9.17) is 0 Å². The molecule has 1 aromatic rings. The maximum Gasteiger partial charge on any atom is 0.243 e. The molecule has 1 atom stereocenters. The van der Waals surface area contributed by atoms with E-state index >= 15 is 0 Å². The molecular weight excluding hydrogens is 303 g/mol. The molecule has 0 bridgehead atoms. The van der Waals surface area contributed by atoms with Gasteiger partial charge in [0.05, 0.1) is 0 Å². The third-order valence-electron chi connectivity index (χ3n) is 3.78. The summed E-state index contributed by atoms with van der Waals surface area (Å²) in [7, 11) is -3.85. The number of hydrogen-bond donors (Lipinski definition) is 2. The van der Waals surface area contributed by atoms with Gasteiger partial charge in [-0.2, -0.15) is 0 Å². The predicted molar refractivity (Wildman–Crippen MR) is 85.7 cm³/mol. The van der Waals surface area contributed by atoms with Crippen LogP contribution in [0, 0.1) is 5.82 Å².